The van der Waals surface area contributed by atoms with Crippen LogP contribution in [0.5, 0.6) is 0 Å². The summed E-state index contributed by atoms with van der Waals surface area (Å²) in [5, 5.41) is 14.7. The number of carboxylic acid groups (broad SMARTS) is 1. The number of carbonyl (C=O) groups is 2. The van der Waals surface area contributed by atoms with Gasteiger partial charge in [0.2, 0.25) is 0 Å². The average Bonchev–Trinajstić information content (AvgIpc) is 2.38. The molecular weight excluding hydrogens is 339 g/mol. The number of benzene rings is 1. The second-order valence-corrected chi connectivity index (χ2v) is 5.76. The molecule has 0 aliphatic rings. The van der Waals surface area contributed by atoms with Crippen LogP contribution < -0.4 is 10.6 Å². The summed E-state index contributed by atoms with van der Waals surface area (Å²) in [7, 11) is 0. The molecule has 0 aliphatic carbocycles. The fourth-order valence-corrected chi connectivity index (χ4v) is 2.46. The molecular formula is C13H15Cl3N2O3. The molecule has 0 fully saturated rings. The van der Waals surface area contributed by atoms with Gasteiger partial charge in [0.05, 0.1) is 21.7 Å². The highest BCUT2D eigenvalue weighted by molar-refractivity contribution is 6.42. The molecule has 1 aromatic carbocycles. The number of anilines is 1. The standard InChI is InChI=1S/C13H15Cl3N2O3/c1-7(12(19)20)3-2-4-17-13(21)18-11-9(15)5-8(14)6-10(11)16/h5-7H,2-4H2,1H3,(H,19,20)(H2,17,18,21). The SMILES string of the molecule is CC(CCCNC(=O)Nc1c(Cl)cc(Cl)cc1Cl)C(=O)O. The Labute approximate surface area is 137 Å². The highest BCUT2D eigenvalue weighted by atomic mass is 35.5. The summed E-state index contributed by atoms with van der Waals surface area (Å²) < 4.78 is 0. The van der Waals surface area contributed by atoms with Crippen LogP contribution in [-0.2, 0) is 4.79 Å². The Morgan fingerprint density at radius 2 is 1.81 bits per heavy atom. The van der Waals surface area contributed by atoms with E-state index < -0.39 is 17.9 Å². The van der Waals surface area contributed by atoms with Crippen molar-refractivity contribution in [3.05, 3.63) is 27.2 Å². The van der Waals surface area contributed by atoms with Gasteiger partial charge in [-0.2, -0.15) is 0 Å². The Morgan fingerprint density at radius 1 is 1.24 bits per heavy atom. The van der Waals surface area contributed by atoms with Crippen molar-refractivity contribution in [2.24, 2.45) is 5.92 Å². The normalized spacial score (nSPS) is 11.8. The first kappa shape index (κ1) is 17.9. The maximum atomic E-state index is 11.7. The fraction of sp³-hybridized carbons (Fsp3) is 0.385. The van der Waals surface area contributed by atoms with E-state index in [1.807, 2.05) is 0 Å². The zero-order chi connectivity index (χ0) is 16.0. The largest absolute Gasteiger partial charge is 0.481 e. The van der Waals surface area contributed by atoms with Crippen LogP contribution in [0.15, 0.2) is 12.1 Å². The molecule has 0 saturated carbocycles. The summed E-state index contributed by atoms with van der Waals surface area (Å²) >= 11 is 17.7. The summed E-state index contributed by atoms with van der Waals surface area (Å²) in [6.45, 7) is 1.97. The third kappa shape index (κ3) is 5.99. The minimum Gasteiger partial charge on any atom is -0.481 e. The molecule has 1 rings (SSSR count). The van der Waals surface area contributed by atoms with Gasteiger partial charge in [0.25, 0.3) is 0 Å². The maximum absolute atomic E-state index is 11.7. The third-order valence-corrected chi connectivity index (χ3v) is 3.58. The van der Waals surface area contributed by atoms with Gasteiger partial charge in [0.1, 0.15) is 0 Å². The zero-order valence-electron chi connectivity index (χ0n) is 11.3. The van der Waals surface area contributed by atoms with Crippen molar-refractivity contribution in [3.63, 3.8) is 0 Å². The Hall–Kier alpha value is -1.17. The van der Waals surface area contributed by atoms with Gasteiger partial charge in [0, 0.05) is 11.6 Å². The van der Waals surface area contributed by atoms with E-state index in [1.165, 1.54) is 12.1 Å². The molecule has 1 aromatic rings. The second kappa shape index (κ2) is 8.32. The third-order valence-electron chi connectivity index (χ3n) is 2.77. The average molecular weight is 354 g/mol. The van der Waals surface area contributed by atoms with Crippen molar-refractivity contribution < 1.29 is 14.7 Å². The van der Waals surface area contributed by atoms with Crippen molar-refractivity contribution in [1.29, 1.82) is 0 Å². The maximum Gasteiger partial charge on any atom is 0.319 e. The molecule has 5 nitrogen and oxygen atoms in total. The van der Waals surface area contributed by atoms with Crippen molar-refractivity contribution in [2.75, 3.05) is 11.9 Å². The smallest absolute Gasteiger partial charge is 0.319 e. The van der Waals surface area contributed by atoms with Crippen LogP contribution >= 0.6 is 34.8 Å². The molecule has 0 bridgehead atoms. The van der Waals surface area contributed by atoms with Crippen LogP contribution in [0.1, 0.15) is 19.8 Å². The van der Waals surface area contributed by atoms with Crippen LogP contribution in [0.3, 0.4) is 0 Å². The number of carboxylic acids is 1. The van der Waals surface area contributed by atoms with E-state index in [1.54, 1.807) is 6.92 Å². The van der Waals surface area contributed by atoms with E-state index in [0.29, 0.717) is 24.4 Å². The first-order valence-electron chi connectivity index (χ1n) is 6.23. The highest BCUT2D eigenvalue weighted by Gasteiger charge is 2.12. The molecule has 0 saturated heterocycles. The molecule has 116 valence electrons. The topological polar surface area (TPSA) is 78.4 Å². The van der Waals surface area contributed by atoms with Gasteiger partial charge in [-0.1, -0.05) is 41.7 Å². The van der Waals surface area contributed by atoms with Crippen LogP contribution in [0, 0.1) is 5.92 Å². The number of carbonyl (C=O) groups excluding carboxylic acids is 1. The van der Waals surface area contributed by atoms with Gasteiger partial charge in [-0.3, -0.25) is 4.79 Å². The minimum atomic E-state index is -0.848. The molecule has 0 aliphatic heterocycles. The molecule has 8 heteroatoms. The van der Waals surface area contributed by atoms with E-state index in [9.17, 15) is 9.59 Å². The quantitative estimate of drug-likeness (QED) is 0.668. The molecule has 0 aromatic heterocycles. The van der Waals surface area contributed by atoms with Crippen LogP contribution in [0.4, 0.5) is 10.5 Å². The number of halogens is 3. The number of hydrogen-bond acceptors (Lipinski definition) is 2. The molecule has 0 radical (unpaired) electrons. The molecule has 1 unspecified atom stereocenters. The monoisotopic (exact) mass is 352 g/mol. The number of rotatable bonds is 6. The van der Waals surface area contributed by atoms with Gasteiger partial charge >= 0.3 is 12.0 Å². The first-order valence-corrected chi connectivity index (χ1v) is 7.37. The zero-order valence-corrected chi connectivity index (χ0v) is 13.5. The van der Waals surface area contributed by atoms with E-state index in [0.717, 1.165) is 0 Å². The Balaban J connectivity index is 2.43. The number of aliphatic carboxylic acids is 1. The number of nitrogens with one attached hydrogen (secondary N) is 2. The highest BCUT2D eigenvalue weighted by Crippen LogP contribution is 2.33. The minimum absolute atomic E-state index is 0.238. The van der Waals surface area contributed by atoms with Gasteiger partial charge in [-0.05, 0) is 25.0 Å². The lowest BCUT2D eigenvalue weighted by Crippen LogP contribution is -2.30. The summed E-state index contributed by atoms with van der Waals surface area (Å²) in [6.07, 6.45) is 1.04. The van der Waals surface area contributed by atoms with Gasteiger partial charge < -0.3 is 15.7 Å². The van der Waals surface area contributed by atoms with E-state index in [4.69, 9.17) is 39.9 Å². The van der Waals surface area contributed by atoms with Gasteiger partial charge in [-0.25, -0.2) is 4.79 Å². The summed E-state index contributed by atoms with van der Waals surface area (Å²) in [5.41, 5.74) is 0.277. The lowest BCUT2D eigenvalue weighted by atomic mass is 10.1. The Morgan fingerprint density at radius 3 is 2.33 bits per heavy atom. The molecule has 1 atom stereocenters. The fourth-order valence-electron chi connectivity index (χ4n) is 1.55. The summed E-state index contributed by atoms with van der Waals surface area (Å²) in [4.78, 5) is 22.3. The number of hydrogen-bond donors (Lipinski definition) is 3. The lowest BCUT2D eigenvalue weighted by molar-refractivity contribution is -0.141. The first-order chi connectivity index (χ1) is 9.81. The van der Waals surface area contributed by atoms with Crippen molar-refractivity contribution >= 4 is 52.5 Å². The molecule has 3 N–H and O–H groups in total. The predicted octanol–water partition coefficient (Wildman–Crippen LogP) is 4.27. The van der Waals surface area contributed by atoms with Crippen LogP contribution in [0.25, 0.3) is 0 Å². The van der Waals surface area contributed by atoms with Crippen LogP contribution in [0.2, 0.25) is 15.1 Å². The Bertz CT molecular complexity index is 514. The molecule has 0 spiro atoms. The number of amides is 2. The van der Waals surface area contributed by atoms with E-state index in [-0.39, 0.29) is 15.7 Å². The van der Waals surface area contributed by atoms with E-state index >= 15 is 0 Å². The number of urea groups is 1. The Kier molecular flexibility index (Phi) is 7.08. The van der Waals surface area contributed by atoms with Crippen molar-refractivity contribution in [1.82, 2.24) is 5.32 Å². The predicted molar refractivity (Wildman–Crippen MR) is 84.5 cm³/mol. The van der Waals surface area contributed by atoms with Gasteiger partial charge in [-0.15, -0.1) is 0 Å². The summed E-state index contributed by atoms with van der Waals surface area (Å²) in [5.74, 6) is -1.28. The molecule has 21 heavy (non-hydrogen) atoms. The second-order valence-electron chi connectivity index (χ2n) is 4.51. The van der Waals surface area contributed by atoms with Crippen molar-refractivity contribution in [2.45, 2.75) is 19.8 Å². The van der Waals surface area contributed by atoms with E-state index in [2.05, 4.69) is 10.6 Å². The van der Waals surface area contributed by atoms with Gasteiger partial charge in [0.15, 0.2) is 0 Å². The summed E-state index contributed by atoms with van der Waals surface area (Å²) in [6, 6.07) is 2.47. The lowest BCUT2D eigenvalue weighted by Gasteiger charge is -2.11. The van der Waals surface area contributed by atoms with Crippen LogP contribution in [-0.4, -0.2) is 23.7 Å². The van der Waals surface area contributed by atoms with Crippen molar-refractivity contribution in [3.8, 4) is 0 Å². The molecule has 2 amide bonds. The molecule has 0 heterocycles.